The predicted octanol–water partition coefficient (Wildman–Crippen LogP) is 2.48. The molecule has 0 saturated carbocycles. The Morgan fingerprint density at radius 3 is 2.74 bits per heavy atom. The summed E-state index contributed by atoms with van der Waals surface area (Å²) in [7, 11) is 1.25. The lowest BCUT2D eigenvalue weighted by Gasteiger charge is -2.08. The zero-order chi connectivity index (χ0) is 14.4. The minimum Gasteiger partial charge on any atom is -0.464 e. The lowest BCUT2D eigenvalue weighted by Crippen LogP contribution is -2.12. The van der Waals surface area contributed by atoms with Crippen LogP contribution in [-0.4, -0.2) is 22.6 Å². The maximum absolute atomic E-state index is 11.6. The van der Waals surface area contributed by atoms with Crippen LogP contribution in [0.3, 0.4) is 0 Å². The Labute approximate surface area is 110 Å². The Bertz CT molecular complexity index is 567. The molecular formula is C13H14N2O4. The van der Waals surface area contributed by atoms with Gasteiger partial charge in [0.25, 0.3) is 5.70 Å². The zero-order valence-corrected chi connectivity index (χ0v) is 10.7. The summed E-state index contributed by atoms with van der Waals surface area (Å²) in [6.45, 7) is 5.15. The Balaban J connectivity index is 3.53. The van der Waals surface area contributed by atoms with E-state index in [1.807, 2.05) is 0 Å². The fourth-order valence-corrected chi connectivity index (χ4v) is 1.58. The molecule has 0 bridgehead atoms. The molecule has 19 heavy (non-hydrogen) atoms. The Morgan fingerprint density at radius 2 is 2.26 bits per heavy atom. The normalized spacial score (nSPS) is 12.1. The van der Waals surface area contributed by atoms with Crippen molar-refractivity contribution in [1.82, 2.24) is 4.57 Å². The number of hydrogen-bond acceptors (Lipinski definition) is 4. The molecule has 1 rings (SSSR count). The second-order valence-corrected chi connectivity index (χ2v) is 3.49. The van der Waals surface area contributed by atoms with E-state index in [9.17, 15) is 14.9 Å². The molecule has 0 saturated heterocycles. The van der Waals surface area contributed by atoms with E-state index in [0.29, 0.717) is 0 Å². The highest BCUT2D eigenvalue weighted by atomic mass is 16.6. The van der Waals surface area contributed by atoms with Gasteiger partial charge in [-0.25, -0.2) is 4.79 Å². The van der Waals surface area contributed by atoms with Crippen LogP contribution in [0.1, 0.15) is 17.4 Å². The summed E-state index contributed by atoms with van der Waals surface area (Å²) in [6, 6.07) is 3.13. The first-order chi connectivity index (χ1) is 9.06. The third kappa shape index (κ3) is 2.98. The molecule has 6 nitrogen and oxygen atoms in total. The summed E-state index contributed by atoms with van der Waals surface area (Å²) >= 11 is 0. The maximum Gasteiger partial charge on any atom is 0.355 e. The van der Waals surface area contributed by atoms with Gasteiger partial charge in [-0.1, -0.05) is 12.7 Å². The highest BCUT2D eigenvalue weighted by Crippen LogP contribution is 2.19. The molecule has 0 atom stereocenters. The van der Waals surface area contributed by atoms with Crippen molar-refractivity contribution in [2.75, 3.05) is 7.11 Å². The van der Waals surface area contributed by atoms with Gasteiger partial charge in [0.1, 0.15) is 11.4 Å². The molecule has 100 valence electrons. The number of hydrogen-bond donors (Lipinski definition) is 0. The average Bonchev–Trinajstić information content (AvgIpc) is 2.86. The lowest BCUT2D eigenvalue weighted by molar-refractivity contribution is -0.418. The molecule has 1 aromatic heterocycles. The number of allylic oxidation sites excluding steroid dienone is 4. The van der Waals surface area contributed by atoms with E-state index in [2.05, 4.69) is 11.3 Å². The molecule has 0 aliphatic carbocycles. The first kappa shape index (κ1) is 14.4. The molecular weight excluding hydrogens is 248 g/mol. The third-order valence-electron chi connectivity index (χ3n) is 2.38. The van der Waals surface area contributed by atoms with Gasteiger partial charge in [0.2, 0.25) is 0 Å². The number of methoxy groups -OCH3 is 1. The summed E-state index contributed by atoms with van der Waals surface area (Å²) in [4.78, 5) is 22.1. The van der Waals surface area contributed by atoms with E-state index in [0.717, 1.165) is 6.08 Å². The van der Waals surface area contributed by atoms with Crippen LogP contribution in [0.25, 0.3) is 5.70 Å². The van der Waals surface area contributed by atoms with Crippen LogP contribution >= 0.6 is 0 Å². The number of aromatic nitrogens is 1. The molecule has 0 aromatic carbocycles. The Kier molecular flexibility index (Phi) is 4.82. The predicted molar refractivity (Wildman–Crippen MR) is 71.0 cm³/mol. The SMILES string of the molecule is C=C/C(=C(\C=C/C)n1cccc1C(=O)OC)[N+](=O)[O-]. The fourth-order valence-electron chi connectivity index (χ4n) is 1.58. The fraction of sp³-hybridized carbons (Fsp3) is 0.154. The van der Waals surface area contributed by atoms with Crippen molar-refractivity contribution in [1.29, 1.82) is 0 Å². The van der Waals surface area contributed by atoms with E-state index in [4.69, 9.17) is 0 Å². The van der Waals surface area contributed by atoms with Crippen LogP contribution in [0.4, 0.5) is 0 Å². The summed E-state index contributed by atoms with van der Waals surface area (Å²) in [5, 5.41) is 11.0. The van der Waals surface area contributed by atoms with E-state index in [-0.39, 0.29) is 17.1 Å². The van der Waals surface area contributed by atoms with Gasteiger partial charge in [0.05, 0.1) is 12.0 Å². The van der Waals surface area contributed by atoms with E-state index >= 15 is 0 Å². The molecule has 0 radical (unpaired) electrons. The first-order valence-corrected chi connectivity index (χ1v) is 5.46. The maximum atomic E-state index is 11.6. The number of ether oxygens (including phenoxy) is 1. The lowest BCUT2D eigenvalue weighted by atomic mass is 10.2. The van der Waals surface area contributed by atoms with Gasteiger partial charge in [0.15, 0.2) is 0 Å². The van der Waals surface area contributed by atoms with Crippen LogP contribution in [0.2, 0.25) is 0 Å². The molecule has 0 fully saturated rings. The number of nitro groups is 1. The average molecular weight is 262 g/mol. The van der Waals surface area contributed by atoms with Gasteiger partial charge >= 0.3 is 5.97 Å². The van der Waals surface area contributed by atoms with Crippen LogP contribution in [0, 0.1) is 10.1 Å². The number of carbonyl (C=O) groups is 1. The van der Waals surface area contributed by atoms with Gasteiger partial charge in [-0.2, -0.15) is 0 Å². The second kappa shape index (κ2) is 6.34. The van der Waals surface area contributed by atoms with Gasteiger partial charge < -0.3 is 9.30 Å². The number of nitrogens with zero attached hydrogens (tertiary/aromatic N) is 2. The highest BCUT2D eigenvalue weighted by molar-refractivity contribution is 5.89. The third-order valence-corrected chi connectivity index (χ3v) is 2.38. The summed E-state index contributed by atoms with van der Waals surface area (Å²) in [6.07, 6.45) is 5.86. The molecule has 0 spiro atoms. The van der Waals surface area contributed by atoms with Gasteiger partial charge in [0, 0.05) is 12.3 Å². The molecule has 0 N–H and O–H groups in total. The van der Waals surface area contributed by atoms with Crippen LogP contribution in [0.15, 0.2) is 48.8 Å². The zero-order valence-electron chi connectivity index (χ0n) is 10.7. The van der Waals surface area contributed by atoms with Gasteiger partial charge in [-0.3, -0.25) is 10.1 Å². The van der Waals surface area contributed by atoms with Crippen LogP contribution in [0.5, 0.6) is 0 Å². The van der Waals surface area contributed by atoms with Crippen molar-refractivity contribution in [2.45, 2.75) is 6.92 Å². The summed E-state index contributed by atoms with van der Waals surface area (Å²) < 4.78 is 6.03. The van der Waals surface area contributed by atoms with Gasteiger partial charge in [-0.15, -0.1) is 0 Å². The summed E-state index contributed by atoms with van der Waals surface area (Å²) in [5.74, 6) is -0.571. The Morgan fingerprint density at radius 1 is 1.58 bits per heavy atom. The topological polar surface area (TPSA) is 74.4 Å². The van der Waals surface area contributed by atoms with Crippen molar-refractivity contribution in [3.63, 3.8) is 0 Å². The first-order valence-electron chi connectivity index (χ1n) is 5.46. The Hall–Kier alpha value is -2.63. The molecule has 0 amide bonds. The van der Waals surface area contributed by atoms with Crippen LogP contribution < -0.4 is 0 Å². The molecule has 6 heteroatoms. The van der Waals surface area contributed by atoms with Crippen molar-refractivity contribution >= 4 is 11.7 Å². The van der Waals surface area contributed by atoms with Crippen molar-refractivity contribution < 1.29 is 14.5 Å². The molecule has 0 aliphatic rings. The van der Waals surface area contributed by atoms with Crippen molar-refractivity contribution in [3.05, 3.63) is 64.6 Å². The van der Waals surface area contributed by atoms with E-state index in [1.54, 1.807) is 25.3 Å². The standard InChI is InChI=1S/C13H14N2O4/c1-4-7-11(10(5-2)15(17)18)14-9-6-8-12(14)13(16)19-3/h4-9H,2H2,1,3H3/b7-4-,11-10-. The number of carbonyl (C=O) groups excluding carboxylic acids is 1. The smallest absolute Gasteiger partial charge is 0.355 e. The van der Waals surface area contributed by atoms with Crippen LogP contribution in [-0.2, 0) is 4.74 Å². The highest BCUT2D eigenvalue weighted by Gasteiger charge is 2.19. The number of rotatable bonds is 5. The number of esters is 1. The van der Waals surface area contributed by atoms with E-state index < -0.39 is 10.9 Å². The molecule has 1 heterocycles. The van der Waals surface area contributed by atoms with Crippen molar-refractivity contribution in [2.24, 2.45) is 0 Å². The largest absolute Gasteiger partial charge is 0.464 e. The molecule has 0 aliphatic heterocycles. The molecule has 1 aromatic rings. The van der Waals surface area contributed by atoms with E-state index in [1.165, 1.54) is 23.8 Å². The second-order valence-electron chi connectivity index (χ2n) is 3.49. The minimum absolute atomic E-state index is 0.195. The van der Waals surface area contributed by atoms with Crippen molar-refractivity contribution in [3.8, 4) is 0 Å². The minimum atomic E-state index is -0.571. The monoisotopic (exact) mass is 262 g/mol. The van der Waals surface area contributed by atoms with Gasteiger partial charge in [-0.05, 0) is 25.1 Å². The molecule has 0 unspecified atom stereocenters. The summed E-state index contributed by atoms with van der Waals surface area (Å²) in [5.41, 5.74) is 0.254. The quantitative estimate of drug-likeness (QED) is 0.353.